The zero-order chi connectivity index (χ0) is 12.5. The second kappa shape index (κ2) is 4.55. The zero-order valence-electron chi connectivity index (χ0n) is 7.78. The molecule has 0 saturated heterocycles. The quantitative estimate of drug-likeness (QED) is 0.638. The summed E-state index contributed by atoms with van der Waals surface area (Å²) in [5, 5.41) is -0.711. The maximum absolute atomic E-state index is 13.2. The molecule has 1 atom stereocenters. The van der Waals surface area contributed by atoms with E-state index in [0.29, 0.717) is 6.07 Å². The molecule has 0 saturated carbocycles. The van der Waals surface area contributed by atoms with Crippen LogP contribution < -0.4 is 5.73 Å². The number of nitrogens with two attached hydrogens (primary N) is 1. The first-order valence-electron chi connectivity index (χ1n) is 4.18. The van der Waals surface area contributed by atoms with E-state index >= 15 is 0 Å². The molecule has 0 aliphatic carbocycles. The van der Waals surface area contributed by atoms with E-state index in [-0.39, 0.29) is 0 Å². The predicted molar refractivity (Wildman–Crippen MR) is 49.0 cm³/mol. The monoisotopic (exact) mass is 259 g/mol. The van der Waals surface area contributed by atoms with Crippen LogP contribution in [0, 0.1) is 11.6 Å². The Bertz CT molecular complexity index is 390. The number of alkyl halides is 3. The number of hydrogen-bond donors (Lipinski definition) is 1. The molecule has 0 aliphatic rings. The first-order valence-corrected chi connectivity index (χ1v) is 4.56. The molecule has 0 unspecified atom stereocenters. The van der Waals surface area contributed by atoms with E-state index in [9.17, 15) is 22.0 Å². The smallest absolute Gasteiger partial charge is 0.324 e. The van der Waals surface area contributed by atoms with Gasteiger partial charge in [-0.15, -0.1) is 0 Å². The van der Waals surface area contributed by atoms with Crippen LogP contribution in [0.1, 0.15) is 18.0 Å². The molecule has 0 amide bonds. The van der Waals surface area contributed by atoms with Crippen molar-refractivity contribution in [3.63, 3.8) is 0 Å². The van der Waals surface area contributed by atoms with E-state index in [1.54, 1.807) is 0 Å². The van der Waals surface area contributed by atoms with Gasteiger partial charge in [0.25, 0.3) is 0 Å². The van der Waals surface area contributed by atoms with Crippen molar-refractivity contribution in [1.29, 1.82) is 0 Å². The van der Waals surface area contributed by atoms with E-state index < -0.39 is 40.9 Å². The molecule has 0 spiro atoms. The lowest BCUT2D eigenvalue weighted by molar-refractivity contribution is -0.138. The van der Waals surface area contributed by atoms with Crippen molar-refractivity contribution in [2.45, 2.75) is 18.6 Å². The molecular formula is C9H7ClF5N. The summed E-state index contributed by atoms with van der Waals surface area (Å²) in [7, 11) is 0. The molecule has 0 heterocycles. The van der Waals surface area contributed by atoms with Gasteiger partial charge in [-0.3, -0.25) is 0 Å². The summed E-state index contributed by atoms with van der Waals surface area (Å²) in [5.41, 5.74) is 4.49. The summed E-state index contributed by atoms with van der Waals surface area (Å²) in [4.78, 5) is 0. The standard InChI is InChI=1S/C9H7ClF5N/c10-8-5(12)2-1-4(11)7(8)6(16)3-9(13,14)15/h1-2,6H,3,16H2/t6-/m1/s1. The van der Waals surface area contributed by atoms with Crippen molar-refractivity contribution in [3.8, 4) is 0 Å². The molecule has 1 rings (SSSR count). The number of rotatable bonds is 2. The highest BCUT2D eigenvalue weighted by Gasteiger charge is 2.33. The SMILES string of the molecule is N[C@H](CC(F)(F)F)c1c(F)ccc(F)c1Cl. The van der Waals surface area contributed by atoms with Gasteiger partial charge in [0.15, 0.2) is 0 Å². The third-order valence-corrected chi connectivity index (χ3v) is 2.29. The van der Waals surface area contributed by atoms with Crippen LogP contribution in [-0.4, -0.2) is 6.18 Å². The molecule has 2 N–H and O–H groups in total. The Balaban J connectivity index is 3.08. The normalized spacial score (nSPS) is 13.9. The summed E-state index contributed by atoms with van der Waals surface area (Å²) in [5.74, 6) is -2.06. The highest BCUT2D eigenvalue weighted by atomic mass is 35.5. The molecule has 16 heavy (non-hydrogen) atoms. The third kappa shape index (κ3) is 3.05. The maximum atomic E-state index is 13.2. The first kappa shape index (κ1) is 13.2. The van der Waals surface area contributed by atoms with E-state index in [2.05, 4.69) is 0 Å². The Kier molecular flexibility index (Phi) is 3.75. The fraction of sp³-hybridized carbons (Fsp3) is 0.333. The Morgan fingerprint density at radius 1 is 1.19 bits per heavy atom. The summed E-state index contributed by atoms with van der Waals surface area (Å²) in [6, 6.07) is -0.308. The molecule has 0 radical (unpaired) electrons. The van der Waals surface area contributed by atoms with Crippen molar-refractivity contribution in [2.24, 2.45) is 5.73 Å². The van der Waals surface area contributed by atoms with Crippen LogP contribution >= 0.6 is 11.6 Å². The molecule has 0 bridgehead atoms. The molecule has 1 aromatic carbocycles. The van der Waals surface area contributed by atoms with Crippen LogP contribution in [-0.2, 0) is 0 Å². The summed E-state index contributed by atoms with van der Waals surface area (Å²) < 4.78 is 62.1. The fourth-order valence-electron chi connectivity index (χ4n) is 1.23. The van der Waals surface area contributed by atoms with E-state index in [0.717, 1.165) is 6.07 Å². The molecule has 7 heteroatoms. The second-order valence-electron chi connectivity index (χ2n) is 3.18. The van der Waals surface area contributed by atoms with E-state index in [4.69, 9.17) is 17.3 Å². The Hall–Kier alpha value is -0.880. The molecule has 0 fully saturated rings. The first-order chi connectivity index (χ1) is 7.22. The highest BCUT2D eigenvalue weighted by Crippen LogP contribution is 2.33. The predicted octanol–water partition coefficient (Wildman–Crippen LogP) is 3.57. The van der Waals surface area contributed by atoms with Crippen LogP contribution in [0.15, 0.2) is 12.1 Å². The largest absolute Gasteiger partial charge is 0.390 e. The molecule has 1 aromatic rings. The number of hydrogen-bond acceptors (Lipinski definition) is 1. The lowest BCUT2D eigenvalue weighted by Crippen LogP contribution is -2.21. The lowest BCUT2D eigenvalue weighted by atomic mass is 10.0. The van der Waals surface area contributed by atoms with Crippen molar-refractivity contribution < 1.29 is 22.0 Å². The van der Waals surface area contributed by atoms with Crippen LogP contribution in [0.4, 0.5) is 22.0 Å². The highest BCUT2D eigenvalue weighted by molar-refractivity contribution is 6.31. The average Bonchev–Trinajstić information content (AvgIpc) is 2.09. The van der Waals surface area contributed by atoms with Gasteiger partial charge in [-0.05, 0) is 12.1 Å². The van der Waals surface area contributed by atoms with Gasteiger partial charge < -0.3 is 5.73 Å². The van der Waals surface area contributed by atoms with Crippen LogP contribution in [0.25, 0.3) is 0 Å². The molecule has 0 aromatic heterocycles. The van der Waals surface area contributed by atoms with E-state index in [1.165, 1.54) is 0 Å². The Morgan fingerprint density at radius 3 is 2.19 bits per heavy atom. The maximum Gasteiger partial charge on any atom is 0.390 e. The van der Waals surface area contributed by atoms with Crippen LogP contribution in [0.5, 0.6) is 0 Å². The van der Waals surface area contributed by atoms with Crippen LogP contribution in [0.2, 0.25) is 5.02 Å². The molecule has 90 valence electrons. The summed E-state index contributed by atoms with van der Waals surface area (Å²) >= 11 is 5.36. The topological polar surface area (TPSA) is 26.0 Å². The van der Waals surface area contributed by atoms with Crippen molar-refractivity contribution in [2.75, 3.05) is 0 Å². The molecule has 1 nitrogen and oxygen atoms in total. The second-order valence-corrected chi connectivity index (χ2v) is 3.56. The fourth-order valence-corrected chi connectivity index (χ4v) is 1.53. The number of benzene rings is 1. The van der Waals surface area contributed by atoms with Crippen molar-refractivity contribution in [3.05, 3.63) is 34.4 Å². The van der Waals surface area contributed by atoms with Gasteiger partial charge in [-0.25, -0.2) is 8.78 Å². The average molecular weight is 260 g/mol. The van der Waals surface area contributed by atoms with E-state index in [1.807, 2.05) is 0 Å². The van der Waals surface area contributed by atoms with Gasteiger partial charge in [-0.1, -0.05) is 11.6 Å². The van der Waals surface area contributed by atoms with Gasteiger partial charge >= 0.3 is 6.18 Å². The lowest BCUT2D eigenvalue weighted by Gasteiger charge is -2.16. The third-order valence-electron chi connectivity index (χ3n) is 1.90. The molecule has 0 aliphatic heterocycles. The van der Waals surface area contributed by atoms with Gasteiger partial charge in [0, 0.05) is 11.6 Å². The minimum Gasteiger partial charge on any atom is -0.324 e. The van der Waals surface area contributed by atoms with Gasteiger partial charge in [0.2, 0.25) is 0 Å². The zero-order valence-corrected chi connectivity index (χ0v) is 8.54. The minimum absolute atomic E-state index is 0.654. The summed E-state index contributed by atoms with van der Waals surface area (Å²) in [6.07, 6.45) is -6.03. The number of halogens is 6. The Labute approximate surface area is 93.0 Å². The molecular weight excluding hydrogens is 253 g/mol. The van der Waals surface area contributed by atoms with Gasteiger partial charge in [0.1, 0.15) is 11.6 Å². The van der Waals surface area contributed by atoms with Gasteiger partial charge in [0.05, 0.1) is 11.4 Å². The Morgan fingerprint density at radius 2 is 1.69 bits per heavy atom. The van der Waals surface area contributed by atoms with Crippen molar-refractivity contribution in [1.82, 2.24) is 0 Å². The van der Waals surface area contributed by atoms with Gasteiger partial charge in [-0.2, -0.15) is 13.2 Å². The van der Waals surface area contributed by atoms with Crippen LogP contribution in [0.3, 0.4) is 0 Å². The van der Waals surface area contributed by atoms with Crippen molar-refractivity contribution >= 4 is 11.6 Å². The summed E-state index contributed by atoms with van der Waals surface area (Å²) in [6.45, 7) is 0. The minimum atomic E-state index is -4.57.